The fourth-order valence-corrected chi connectivity index (χ4v) is 2.36. The van der Waals surface area contributed by atoms with Gasteiger partial charge in [0.25, 0.3) is 0 Å². The zero-order chi connectivity index (χ0) is 13.0. The van der Waals surface area contributed by atoms with Crippen molar-refractivity contribution in [3.63, 3.8) is 0 Å². The highest BCUT2D eigenvalue weighted by atomic mass is 32.2. The third-order valence-electron chi connectivity index (χ3n) is 2.46. The monoisotopic (exact) mass is 262 g/mol. The molecule has 0 saturated carbocycles. The van der Waals surface area contributed by atoms with Gasteiger partial charge in [0.15, 0.2) is 0 Å². The molecule has 0 aliphatic carbocycles. The van der Waals surface area contributed by atoms with Gasteiger partial charge in [-0.3, -0.25) is 5.10 Å². The molecule has 0 aliphatic heterocycles. The molecular weight excluding hydrogens is 244 g/mol. The van der Waals surface area contributed by atoms with Crippen molar-refractivity contribution >= 4 is 17.4 Å². The van der Waals surface area contributed by atoms with Crippen LogP contribution in [0.15, 0.2) is 29.4 Å². The largest absolute Gasteiger partial charge is 0.399 e. The van der Waals surface area contributed by atoms with E-state index in [9.17, 15) is 0 Å². The normalized spacial score (nSPS) is 11.1. The van der Waals surface area contributed by atoms with Gasteiger partial charge in [0.1, 0.15) is 5.82 Å². The van der Waals surface area contributed by atoms with Crippen molar-refractivity contribution in [2.45, 2.75) is 31.2 Å². The Bertz CT molecular complexity index is 490. The molecule has 0 saturated heterocycles. The lowest BCUT2D eigenvalue weighted by Crippen LogP contribution is -1.95. The van der Waals surface area contributed by atoms with E-state index in [1.807, 2.05) is 24.3 Å². The van der Waals surface area contributed by atoms with E-state index in [1.165, 1.54) is 5.56 Å². The number of nitrogens with two attached hydrogens (primary N) is 1. The van der Waals surface area contributed by atoms with Crippen molar-refractivity contribution in [2.75, 3.05) is 5.73 Å². The summed E-state index contributed by atoms with van der Waals surface area (Å²) in [6, 6.07) is 7.89. The second kappa shape index (κ2) is 5.91. The van der Waals surface area contributed by atoms with Crippen molar-refractivity contribution in [3.8, 4) is 0 Å². The molecule has 18 heavy (non-hydrogen) atoms. The highest BCUT2D eigenvalue weighted by molar-refractivity contribution is 7.98. The van der Waals surface area contributed by atoms with Gasteiger partial charge in [-0.25, -0.2) is 4.98 Å². The Morgan fingerprint density at radius 3 is 2.67 bits per heavy atom. The Balaban J connectivity index is 1.90. The average molecular weight is 262 g/mol. The van der Waals surface area contributed by atoms with Crippen LogP contribution in [0.2, 0.25) is 0 Å². The van der Waals surface area contributed by atoms with Crippen LogP contribution in [0.5, 0.6) is 0 Å². The number of nitrogens with one attached hydrogen (secondary N) is 1. The summed E-state index contributed by atoms with van der Waals surface area (Å²) in [5.74, 6) is 2.41. The van der Waals surface area contributed by atoms with Crippen LogP contribution in [-0.2, 0) is 12.2 Å². The van der Waals surface area contributed by atoms with E-state index in [0.717, 1.165) is 28.8 Å². The van der Waals surface area contributed by atoms with E-state index in [1.54, 1.807) is 11.8 Å². The number of rotatable bonds is 5. The number of hydrogen-bond acceptors (Lipinski definition) is 4. The number of nitrogens with zero attached hydrogens (tertiary/aromatic N) is 2. The molecule has 96 valence electrons. The van der Waals surface area contributed by atoms with Crippen molar-refractivity contribution < 1.29 is 0 Å². The smallest absolute Gasteiger partial charge is 0.208 e. The molecule has 1 aromatic heterocycles. The highest BCUT2D eigenvalue weighted by Crippen LogP contribution is 2.20. The molecule has 3 N–H and O–H groups in total. The van der Waals surface area contributed by atoms with E-state index >= 15 is 0 Å². The fraction of sp³-hybridized carbons (Fsp3) is 0.385. The van der Waals surface area contributed by atoms with Crippen LogP contribution in [0.25, 0.3) is 0 Å². The van der Waals surface area contributed by atoms with Crippen LogP contribution in [0.1, 0.15) is 25.2 Å². The van der Waals surface area contributed by atoms with Gasteiger partial charge in [-0.15, -0.1) is 5.10 Å². The minimum atomic E-state index is 0.591. The van der Waals surface area contributed by atoms with Gasteiger partial charge in [-0.05, 0) is 23.6 Å². The fourth-order valence-electron chi connectivity index (χ4n) is 1.58. The van der Waals surface area contributed by atoms with Gasteiger partial charge in [0.05, 0.1) is 0 Å². The Kier molecular flexibility index (Phi) is 4.25. The molecule has 0 amide bonds. The molecule has 0 fully saturated rings. The maximum atomic E-state index is 5.65. The molecule has 0 unspecified atom stereocenters. The van der Waals surface area contributed by atoms with Crippen LogP contribution in [-0.4, -0.2) is 15.2 Å². The van der Waals surface area contributed by atoms with Gasteiger partial charge >= 0.3 is 0 Å². The van der Waals surface area contributed by atoms with Gasteiger partial charge < -0.3 is 5.73 Å². The summed E-state index contributed by atoms with van der Waals surface area (Å²) in [7, 11) is 0. The minimum Gasteiger partial charge on any atom is -0.399 e. The lowest BCUT2D eigenvalue weighted by molar-refractivity contribution is 0.622. The summed E-state index contributed by atoms with van der Waals surface area (Å²) in [6.07, 6.45) is 0.940. The Hall–Kier alpha value is -1.49. The molecule has 4 nitrogen and oxygen atoms in total. The van der Waals surface area contributed by atoms with Crippen molar-refractivity contribution in [2.24, 2.45) is 5.92 Å². The quantitative estimate of drug-likeness (QED) is 0.642. The van der Waals surface area contributed by atoms with Gasteiger partial charge in [-0.1, -0.05) is 37.7 Å². The number of hydrogen-bond donors (Lipinski definition) is 2. The number of aromatic nitrogens is 3. The number of aromatic amines is 1. The summed E-state index contributed by atoms with van der Waals surface area (Å²) in [5.41, 5.74) is 7.67. The molecule has 1 heterocycles. The summed E-state index contributed by atoms with van der Waals surface area (Å²) >= 11 is 1.63. The maximum Gasteiger partial charge on any atom is 0.208 e. The van der Waals surface area contributed by atoms with Crippen LogP contribution in [0, 0.1) is 5.92 Å². The van der Waals surface area contributed by atoms with Gasteiger partial charge in [-0.2, -0.15) is 0 Å². The molecule has 0 atom stereocenters. The number of anilines is 1. The van der Waals surface area contributed by atoms with E-state index in [-0.39, 0.29) is 0 Å². The summed E-state index contributed by atoms with van der Waals surface area (Å²) in [5, 5.41) is 7.99. The van der Waals surface area contributed by atoms with Crippen molar-refractivity contribution in [1.82, 2.24) is 15.2 Å². The SMILES string of the molecule is CC(C)Cc1nc(SCc2ccc(N)cc2)n[nH]1. The van der Waals surface area contributed by atoms with Crippen LogP contribution in [0.3, 0.4) is 0 Å². The number of benzene rings is 1. The predicted molar refractivity (Wildman–Crippen MR) is 75.3 cm³/mol. The highest BCUT2D eigenvalue weighted by Gasteiger charge is 2.06. The minimum absolute atomic E-state index is 0.591. The summed E-state index contributed by atoms with van der Waals surface area (Å²) < 4.78 is 0. The topological polar surface area (TPSA) is 67.6 Å². The molecule has 2 rings (SSSR count). The molecule has 1 aromatic carbocycles. The maximum absolute atomic E-state index is 5.65. The van der Waals surface area contributed by atoms with Crippen LogP contribution in [0.4, 0.5) is 5.69 Å². The lowest BCUT2D eigenvalue weighted by Gasteiger charge is -1.99. The number of nitrogen functional groups attached to an aromatic ring is 1. The Morgan fingerprint density at radius 1 is 1.28 bits per heavy atom. The van der Waals surface area contributed by atoms with Gasteiger partial charge in [0.2, 0.25) is 5.16 Å². The molecule has 0 spiro atoms. The Labute approximate surface area is 111 Å². The molecular formula is C13H18N4S. The zero-order valence-electron chi connectivity index (χ0n) is 10.7. The zero-order valence-corrected chi connectivity index (χ0v) is 11.5. The predicted octanol–water partition coefficient (Wildman–Crippen LogP) is 2.88. The van der Waals surface area contributed by atoms with Crippen LogP contribution < -0.4 is 5.73 Å². The lowest BCUT2D eigenvalue weighted by atomic mass is 10.1. The molecule has 2 aromatic rings. The molecule has 0 aliphatic rings. The van der Waals surface area contributed by atoms with E-state index in [0.29, 0.717) is 5.92 Å². The first-order valence-corrected chi connectivity index (χ1v) is 7.00. The van der Waals surface area contributed by atoms with Crippen molar-refractivity contribution in [3.05, 3.63) is 35.7 Å². The van der Waals surface area contributed by atoms with E-state index in [2.05, 4.69) is 29.0 Å². The first-order chi connectivity index (χ1) is 8.63. The third-order valence-corrected chi connectivity index (χ3v) is 3.38. The first kappa shape index (κ1) is 13.0. The second-order valence-electron chi connectivity index (χ2n) is 4.69. The molecule has 5 heteroatoms. The summed E-state index contributed by atoms with van der Waals surface area (Å²) in [6.45, 7) is 4.34. The van der Waals surface area contributed by atoms with Crippen molar-refractivity contribution in [1.29, 1.82) is 0 Å². The van der Waals surface area contributed by atoms with Crippen LogP contribution >= 0.6 is 11.8 Å². The average Bonchev–Trinajstić information content (AvgIpc) is 2.75. The number of thioether (sulfide) groups is 1. The standard InChI is InChI=1S/C13H18N4S/c1-9(2)7-12-15-13(17-16-12)18-8-10-3-5-11(14)6-4-10/h3-6,9H,7-8,14H2,1-2H3,(H,15,16,17). The first-order valence-electron chi connectivity index (χ1n) is 6.02. The number of H-pyrrole nitrogens is 1. The van der Waals surface area contributed by atoms with E-state index in [4.69, 9.17) is 5.73 Å². The Morgan fingerprint density at radius 2 is 2.00 bits per heavy atom. The molecule has 0 radical (unpaired) electrons. The molecule has 0 bridgehead atoms. The van der Waals surface area contributed by atoms with Gasteiger partial charge in [0, 0.05) is 17.9 Å². The second-order valence-corrected chi connectivity index (χ2v) is 5.64. The third kappa shape index (κ3) is 3.77. The summed E-state index contributed by atoms with van der Waals surface area (Å²) in [4.78, 5) is 4.45. The van der Waals surface area contributed by atoms with E-state index < -0.39 is 0 Å².